The van der Waals surface area contributed by atoms with Crippen LogP contribution in [0.1, 0.15) is 36.7 Å². The molecule has 2 aromatic heterocycles. The molecule has 28 heavy (non-hydrogen) atoms. The first-order chi connectivity index (χ1) is 13.7. The van der Waals surface area contributed by atoms with E-state index in [1.54, 1.807) is 6.26 Å². The van der Waals surface area contributed by atoms with Gasteiger partial charge in [-0.1, -0.05) is 23.9 Å². The Hall–Kier alpha value is -2.54. The van der Waals surface area contributed by atoms with Gasteiger partial charge in [0.1, 0.15) is 5.76 Å². The van der Waals surface area contributed by atoms with E-state index in [0.717, 1.165) is 35.3 Å². The highest BCUT2D eigenvalue weighted by molar-refractivity contribution is 7.99. The summed E-state index contributed by atoms with van der Waals surface area (Å²) in [5, 5.41) is 12.4. The molecule has 0 saturated carbocycles. The van der Waals surface area contributed by atoms with Crippen molar-refractivity contribution in [2.24, 2.45) is 0 Å². The molecule has 3 aromatic rings. The number of nitrogens with one attached hydrogen (secondary N) is 1. The molecule has 2 heterocycles. The Balaban J connectivity index is 1.43. The number of benzene rings is 1. The molecule has 0 unspecified atom stereocenters. The molecule has 0 bridgehead atoms. The number of aryl methyl sites for hydroxylation is 2. The van der Waals surface area contributed by atoms with Crippen LogP contribution < -0.4 is 5.32 Å². The molecule has 0 fully saturated rings. The summed E-state index contributed by atoms with van der Waals surface area (Å²) in [6.07, 6.45) is 6.44. The van der Waals surface area contributed by atoms with Gasteiger partial charge in [-0.25, -0.2) is 0 Å². The van der Waals surface area contributed by atoms with Crippen LogP contribution in [0.3, 0.4) is 0 Å². The number of carbonyl (C=O) groups excluding carboxylic acids is 1. The van der Waals surface area contributed by atoms with Gasteiger partial charge in [-0.2, -0.15) is 0 Å². The van der Waals surface area contributed by atoms with Crippen molar-refractivity contribution in [3.63, 3.8) is 0 Å². The monoisotopic (exact) mass is 396 g/mol. The average Bonchev–Trinajstić information content (AvgIpc) is 3.39. The standard InChI is InChI=1S/C21H24N4O2S/c1-2-25-20(17-10-9-15-6-3-4-7-16(15)12-17)23-24-21(25)28-14-19(26)22-13-18-8-5-11-27-18/h5,8-12H,2-4,6-7,13-14H2,1H3,(H,22,26). The SMILES string of the molecule is CCn1c(SCC(=O)NCc2ccco2)nnc1-c1ccc2c(c1)CCCC2. The zero-order valence-electron chi connectivity index (χ0n) is 16.0. The second-order valence-electron chi connectivity index (χ2n) is 6.89. The third-order valence-corrected chi connectivity index (χ3v) is 5.98. The van der Waals surface area contributed by atoms with Crippen molar-refractivity contribution in [3.05, 3.63) is 53.5 Å². The highest BCUT2D eigenvalue weighted by Gasteiger charge is 2.17. The van der Waals surface area contributed by atoms with Gasteiger partial charge in [-0.05, 0) is 61.9 Å². The summed E-state index contributed by atoms with van der Waals surface area (Å²) < 4.78 is 7.31. The second kappa shape index (κ2) is 8.65. The van der Waals surface area contributed by atoms with Gasteiger partial charge in [-0.15, -0.1) is 10.2 Å². The molecular weight excluding hydrogens is 372 g/mol. The number of furan rings is 1. The van der Waals surface area contributed by atoms with Crippen molar-refractivity contribution in [1.82, 2.24) is 20.1 Å². The van der Waals surface area contributed by atoms with Crippen LogP contribution >= 0.6 is 11.8 Å². The third kappa shape index (κ3) is 4.14. The Labute approximate surface area is 168 Å². The normalized spacial score (nSPS) is 13.3. The Bertz CT molecular complexity index is 949. The molecule has 0 atom stereocenters. The van der Waals surface area contributed by atoms with Crippen molar-refractivity contribution in [2.45, 2.75) is 50.9 Å². The van der Waals surface area contributed by atoms with E-state index in [1.165, 1.54) is 42.2 Å². The highest BCUT2D eigenvalue weighted by Crippen LogP contribution is 2.28. The maximum Gasteiger partial charge on any atom is 0.230 e. The van der Waals surface area contributed by atoms with E-state index < -0.39 is 0 Å². The summed E-state index contributed by atoms with van der Waals surface area (Å²) in [4.78, 5) is 12.1. The smallest absolute Gasteiger partial charge is 0.230 e. The number of rotatable bonds is 7. The first-order valence-electron chi connectivity index (χ1n) is 9.72. The minimum atomic E-state index is -0.0533. The minimum Gasteiger partial charge on any atom is -0.467 e. The number of aromatic nitrogens is 3. The molecule has 146 valence electrons. The summed E-state index contributed by atoms with van der Waals surface area (Å²) in [5.41, 5.74) is 3.99. The Kier molecular flexibility index (Phi) is 5.81. The van der Waals surface area contributed by atoms with E-state index in [4.69, 9.17) is 4.42 Å². The number of nitrogens with zero attached hydrogens (tertiary/aromatic N) is 3. The molecule has 4 rings (SSSR count). The molecular formula is C21H24N4O2S. The number of fused-ring (bicyclic) bond motifs is 1. The van der Waals surface area contributed by atoms with Gasteiger partial charge in [-0.3, -0.25) is 4.79 Å². The summed E-state index contributed by atoms with van der Waals surface area (Å²) in [5.74, 6) is 1.85. The van der Waals surface area contributed by atoms with Crippen LogP contribution in [0, 0.1) is 0 Å². The lowest BCUT2D eigenvalue weighted by Gasteiger charge is -2.16. The van der Waals surface area contributed by atoms with Crippen molar-refractivity contribution in [1.29, 1.82) is 0 Å². The predicted octanol–water partition coefficient (Wildman–Crippen LogP) is 3.85. The predicted molar refractivity (Wildman–Crippen MR) is 109 cm³/mol. The summed E-state index contributed by atoms with van der Waals surface area (Å²) >= 11 is 1.41. The highest BCUT2D eigenvalue weighted by atomic mass is 32.2. The molecule has 6 nitrogen and oxygen atoms in total. The lowest BCUT2D eigenvalue weighted by Crippen LogP contribution is -2.24. The summed E-state index contributed by atoms with van der Waals surface area (Å²) in [6.45, 7) is 3.23. The van der Waals surface area contributed by atoms with Crippen LogP contribution in [0.4, 0.5) is 0 Å². The molecule has 0 spiro atoms. The van der Waals surface area contributed by atoms with E-state index in [2.05, 4.69) is 45.2 Å². The van der Waals surface area contributed by atoms with E-state index in [0.29, 0.717) is 12.3 Å². The molecule has 1 aliphatic carbocycles. The van der Waals surface area contributed by atoms with E-state index in [1.807, 2.05) is 12.1 Å². The largest absolute Gasteiger partial charge is 0.467 e. The molecule has 1 aromatic carbocycles. The van der Waals surface area contributed by atoms with Gasteiger partial charge in [0.2, 0.25) is 5.91 Å². The second-order valence-corrected chi connectivity index (χ2v) is 7.83. The minimum absolute atomic E-state index is 0.0533. The number of carbonyl (C=O) groups is 1. The zero-order valence-corrected chi connectivity index (χ0v) is 16.8. The lowest BCUT2D eigenvalue weighted by atomic mass is 9.90. The first-order valence-corrected chi connectivity index (χ1v) is 10.7. The van der Waals surface area contributed by atoms with Crippen LogP contribution in [-0.4, -0.2) is 26.4 Å². The number of amides is 1. The van der Waals surface area contributed by atoms with Crippen molar-refractivity contribution in [3.8, 4) is 11.4 Å². The number of hydrogen-bond donors (Lipinski definition) is 1. The maximum absolute atomic E-state index is 12.1. The van der Waals surface area contributed by atoms with Crippen LogP contribution in [0.15, 0.2) is 46.2 Å². The molecule has 7 heteroatoms. The molecule has 1 aliphatic rings. The fourth-order valence-corrected chi connectivity index (χ4v) is 4.38. The average molecular weight is 397 g/mol. The van der Waals surface area contributed by atoms with Gasteiger partial charge in [0.15, 0.2) is 11.0 Å². The topological polar surface area (TPSA) is 73.0 Å². The Morgan fingerprint density at radius 1 is 1.21 bits per heavy atom. The van der Waals surface area contributed by atoms with E-state index in [-0.39, 0.29) is 5.91 Å². The third-order valence-electron chi connectivity index (χ3n) is 5.01. The quantitative estimate of drug-likeness (QED) is 0.614. The van der Waals surface area contributed by atoms with Gasteiger partial charge >= 0.3 is 0 Å². The molecule has 0 aliphatic heterocycles. The van der Waals surface area contributed by atoms with Crippen molar-refractivity contribution >= 4 is 17.7 Å². The number of thioether (sulfide) groups is 1. The van der Waals surface area contributed by atoms with Gasteiger partial charge in [0.25, 0.3) is 0 Å². The molecule has 1 amide bonds. The molecule has 1 N–H and O–H groups in total. The fourth-order valence-electron chi connectivity index (χ4n) is 3.55. The fraction of sp³-hybridized carbons (Fsp3) is 0.381. The van der Waals surface area contributed by atoms with Gasteiger partial charge in [0, 0.05) is 12.1 Å². The zero-order chi connectivity index (χ0) is 19.3. The molecule has 0 radical (unpaired) electrons. The molecule has 0 saturated heterocycles. The van der Waals surface area contributed by atoms with Crippen molar-refractivity contribution in [2.75, 3.05) is 5.75 Å². The lowest BCUT2D eigenvalue weighted by molar-refractivity contribution is -0.118. The van der Waals surface area contributed by atoms with Crippen LogP contribution in [0.25, 0.3) is 11.4 Å². The number of hydrogen-bond acceptors (Lipinski definition) is 5. The van der Waals surface area contributed by atoms with Crippen LogP contribution in [0.5, 0.6) is 0 Å². The van der Waals surface area contributed by atoms with E-state index >= 15 is 0 Å². The van der Waals surface area contributed by atoms with Gasteiger partial charge in [0.05, 0.1) is 18.6 Å². The van der Waals surface area contributed by atoms with E-state index in [9.17, 15) is 4.79 Å². The maximum atomic E-state index is 12.1. The van der Waals surface area contributed by atoms with Gasteiger partial charge < -0.3 is 14.3 Å². The Morgan fingerprint density at radius 3 is 2.86 bits per heavy atom. The van der Waals surface area contributed by atoms with Crippen LogP contribution in [0.2, 0.25) is 0 Å². The summed E-state index contributed by atoms with van der Waals surface area (Å²) in [6, 6.07) is 10.3. The first kappa shape index (κ1) is 18.8. The Morgan fingerprint density at radius 2 is 2.07 bits per heavy atom. The van der Waals surface area contributed by atoms with Crippen LogP contribution in [-0.2, 0) is 30.7 Å². The summed E-state index contributed by atoms with van der Waals surface area (Å²) in [7, 11) is 0. The van der Waals surface area contributed by atoms with Crippen molar-refractivity contribution < 1.29 is 9.21 Å².